The highest BCUT2D eigenvalue weighted by Crippen LogP contribution is 2.04. The van der Waals surface area contributed by atoms with Gasteiger partial charge in [0.25, 0.3) is 0 Å². The van der Waals surface area contributed by atoms with Gasteiger partial charge < -0.3 is 9.73 Å². The van der Waals surface area contributed by atoms with Gasteiger partial charge in [-0.2, -0.15) is 5.10 Å². The molecule has 0 bridgehead atoms. The van der Waals surface area contributed by atoms with Crippen LogP contribution < -0.4 is 5.32 Å². The van der Waals surface area contributed by atoms with Crippen LogP contribution in [0.4, 0.5) is 0 Å². The Morgan fingerprint density at radius 3 is 3.00 bits per heavy atom. The van der Waals surface area contributed by atoms with Gasteiger partial charge in [-0.05, 0) is 32.0 Å². The second-order valence-electron chi connectivity index (χ2n) is 4.72. The van der Waals surface area contributed by atoms with Crippen molar-refractivity contribution in [3.05, 3.63) is 42.1 Å². The van der Waals surface area contributed by atoms with Crippen LogP contribution in [-0.4, -0.2) is 21.7 Å². The molecule has 1 atom stereocenters. The molecule has 0 aliphatic heterocycles. The average Bonchev–Trinajstić information content (AvgIpc) is 2.98. The molecule has 0 aliphatic carbocycles. The molecule has 0 fully saturated rings. The number of hydrogen-bond acceptors (Lipinski definition) is 3. The highest BCUT2D eigenvalue weighted by Gasteiger charge is 2.09. The molecule has 1 amide bonds. The van der Waals surface area contributed by atoms with Crippen LogP contribution >= 0.6 is 0 Å². The summed E-state index contributed by atoms with van der Waals surface area (Å²) in [6.07, 6.45) is 4.67. The first-order valence-electron chi connectivity index (χ1n) is 6.45. The third kappa shape index (κ3) is 4.28. The lowest BCUT2D eigenvalue weighted by atomic mass is 10.2. The van der Waals surface area contributed by atoms with Crippen molar-refractivity contribution in [3.63, 3.8) is 0 Å². The molecule has 0 saturated carbocycles. The van der Waals surface area contributed by atoms with Gasteiger partial charge in [0, 0.05) is 31.6 Å². The third-order valence-corrected chi connectivity index (χ3v) is 2.84. The largest absolute Gasteiger partial charge is 0.469 e. The zero-order valence-electron chi connectivity index (χ0n) is 11.3. The second-order valence-corrected chi connectivity index (χ2v) is 4.72. The van der Waals surface area contributed by atoms with Gasteiger partial charge in [-0.15, -0.1) is 0 Å². The number of furan rings is 1. The highest BCUT2D eigenvalue weighted by atomic mass is 16.3. The number of carbonyl (C=O) groups excluding carboxylic acids is 1. The molecule has 19 heavy (non-hydrogen) atoms. The Morgan fingerprint density at radius 1 is 1.53 bits per heavy atom. The van der Waals surface area contributed by atoms with E-state index in [1.165, 1.54) is 0 Å². The van der Waals surface area contributed by atoms with E-state index in [4.69, 9.17) is 4.42 Å². The Kier molecular flexibility index (Phi) is 4.39. The minimum absolute atomic E-state index is 0.0345. The van der Waals surface area contributed by atoms with Crippen molar-refractivity contribution in [1.82, 2.24) is 15.1 Å². The van der Waals surface area contributed by atoms with E-state index in [1.807, 2.05) is 38.2 Å². The lowest BCUT2D eigenvalue weighted by Crippen LogP contribution is -2.34. The number of amides is 1. The maximum Gasteiger partial charge on any atom is 0.222 e. The molecule has 0 aromatic carbocycles. The van der Waals surface area contributed by atoms with E-state index in [1.54, 1.807) is 10.9 Å². The first-order chi connectivity index (χ1) is 9.13. The minimum Gasteiger partial charge on any atom is -0.469 e. The van der Waals surface area contributed by atoms with E-state index >= 15 is 0 Å². The molecular formula is C14H19N3O2. The number of aryl methyl sites for hydroxylation is 2. The van der Waals surface area contributed by atoms with E-state index in [0.717, 1.165) is 11.5 Å². The van der Waals surface area contributed by atoms with Crippen LogP contribution in [0.5, 0.6) is 0 Å². The van der Waals surface area contributed by atoms with Crippen LogP contribution in [0.15, 0.2) is 35.1 Å². The van der Waals surface area contributed by atoms with E-state index in [0.29, 0.717) is 19.4 Å². The number of nitrogens with zero attached hydrogens (tertiary/aromatic N) is 2. The van der Waals surface area contributed by atoms with Crippen molar-refractivity contribution >= 4 is 5.91 Å². The van der Waals surface area contributed by atoms with Gasteiger partial charge >= 0.3 is 0 Å². The molecule has 2 aromatic heterocycles. The zero-order valence-corrected chi connectivity index (χ0v) is 11.3. The van der Waals surface area contributed by atoms with E-state index in [9.17, 15) is 4.79 Å². The Hall–Kier alpha value is -2.04. The number of carbonyl (C=O) groups is 1. The minimum atomic E-state index is 0.0345. The van der Waals surface area contributed by atoms with Gasteiger partial charge in [-0.25, -0.2) is 0 Å². The molecule has 0 spiro atoms. The van der Waals surface area contributed by atoms with Crippen molar-refractivity contribution < 1.29 is 9.21 Å². The molecule has 102 valence electrons. The summed E-state index contributed by atoms with van der Waals surface area (Å²) >= 11 is 0. The van der Waals surface area contributed by atoms with E-state index < -0.39 is 0 Å². The van der Waals surface area contributed by atoms with Crippen molar-refractivity contribution in [2.45, 2.75) is 39.3 Å². The number of hydrogen-bond donors (Lipinski definition) is 1. The smallest absolute Gasteiger partial charge is 0.222 e. The fraction of sp³-hybridized carbons (Fsp3) is 0.429. The summed E-state index contributed by atoms with van der Waals surface area (Å²) in [6.45, 7) is 4.51. The van der Waals surface area contributed by atoms with Gasteiger partial charge in [0.15, 0.2) is 0 Å². The molecule has 2 aromatic rings. The topological polar surface area (TPSA) is 60.1 Å². The van der Waals surface area contributed by atoms with Crippen LogP contribution in [0.1, 0.15) is 24.8 Å². The predicted molar refractivity (Wildman–Crippen MR) is 71.6 cm³/mol. The highest BCUT2D eigenvalue weighted by molar-refractivity contribution is 5.76. The lowest BCUT2D eigenvalue weighted by Gasteiger charge is -2.12. The summed E-state index contributed by atoms with van der Waals surface area (Å²) in [5, 5.41) is 7.20. The summed E-state index contributed by atoms with van der Waals surface area (Å²) in [7, 11) is 0. The fourth-order valence-corrected chi connectivity index (χ4v) is 1.93. The van der Waals surface area contributed by atoms with Crippen LogP contribution in [0.2, 0.25) is 0 Å². The number of nitrogens with one attached hydrogen (secondary N) is 1. The molecule has 5 heteroatoms. The van der Waals surface area contributed by atoms with Crippen molar-refractivity contribution in [3.8, 4) is 0 Å². The molecule has 2 rings (SSSR count). The Balaban J connectivity index is 1.71. The molecule has 0 radical (unpaired) electrons. The van der Waals surface area contributed by atoms with Gasteiger partial charge in [-0.1, -0.05) is 0 Å². The monoisotopic (exact) mass is 261 g/mol. The maximum atomic E-state index is 11.8. The summed E-state index contributed by atoms with van der Waals surface area (Å²) in [5.74, 6) is 0.919. The second kappa shape index (κ2) is 6.22. The van der Waals surface area contributed by atoms with Gasteiger partial charge in [-0.3, -0.25) is 9.48 Å². The van der Waals surface area contributed by atoms with Gasteiger partial charge in [0.2, 0.25) is 5.91 Å². The summed E-state index contributed by atoms with van der Waals surface area (Å²) in [6, 6.07) is 5.76. The van der Waals surface area contributed by atoms with Crippen LogP contribution in [-0.2, 0) is 17.8 Å². The maximum absolute atomic E-state index is 11.8. The van der Waals surface area contributed by atoms with Crippen LogP contribution in [0.25, 0.3) is 0 Å². The normalized spacial score (nSPS) is 12.3. The average molecular weight is 261 g/mol. The lowest BCUT2D eigenvalue weighted by molar-refractivity contribution is -0.121. The predicted octanol–water partition coefficient (Wildman–Crippen LogP) is 1.92. The third-order valence-electron chi connectivity index (χ3n) is 2.84. The quantitative estimate of drug-likeness (QED) is 0.864. The van der Waals surface area contributed by atoms with Crippen molar-refractivity contribution in [2.24, 2.45) is 0 Å². The summed E-state index contributed by atoms with van der Waals surface area (Å²) in [5.41, 5.74) is 0.964. The van der Waals surface area contributed by atoms with E-state index in [-0.39, 0.29) is 11.9 Å². The summed E-state index contributed by atoms with van der Waals surface area (Å²) < 4.78 is 7.04. The van der Waals surface area contributed by atoms with Gasteiger partial charge in [0.1, 0.15) is 5.76 Å². The van der Waals surface area contributed by atoms with E-state index in [2.05, 4.69) is 10.4 Å². The number of aromatic nitrogens is 2. The molecule has 0 aliphatic rings. The molecule has 1 N–H and O–H groups in total. The zero-order chi connectivity index (χ0) is 13.7. The van der Waals surface area contributed by atoms with Gasteiger partial charge in [0.05, 0.1) is 12.0 Å². The SMILES string of the molecule is Cc1ccn(CCC(=O)N[C@H](C)Cc2ccco2)n1. The standard InChI is InChI=1S/C14H19N3O2/c1-11-5-7-17(16-11)8-6-14(18)15-12(2)10-13-4-3-9-19-13/h3-5,7,9,12H,6,8,10H2,1-2H3,(H,15,18)/t12-/m1/s1. The summed E-state index contributed by atoms with van der Waals surface area (Å²) in [4.78, 5) is 11.8. The molecule has 2 heterocycles. The van der Waals surface area contributed by atoms with Crippen LogP contribution in [0.3, 0.4) is 0 Å². The Bertz CT molecular complexity index is 517. The fourth-order valence-electron chi connectivity index (χ4n) is 1.93. The Morgan fingerprint density at radius 2 is 2.37 bits per heavy atom. The first kappa shape index (κ1) is 13.4. The van der Waals surface area contributed by atoms with Crippen molar-refractivity contribution in [1.29, 1.82) is 0 Å². The molecule has 5 nitrogen and oxygen atoms in total. The first-order valence-corrected chi connectivity index (χ1v) is 6.45. The molecular weight excluding hydrogens is 242 g/mol. The molecule has 0 unspecified atom stereocenters. The van der Waals surface area contributed by atoms with Crippen molar-refractivity contribution in [2.75, 3.05) is 0 Å². The Labute approximate surface area is 112 Å². The molecule has 0 saturated heterocycles. The van der Waals surface area contributed by atoms with Crippen LogP contribution in [0, 0.1) is 6.92 Å². The number of rotatable bonds is 6.